The van der Waals surface area contributed by atoms with E-state index in [1.165, 1.54) is 6.07 Å². The summed E-state index contributed by atoms with van der Waals surface area (Å²) in [6.07, 6.45) is -1.06. The Morgan fingerprint density at radius 1 is 1.07 bits per heavy atom. The smallest absolute Gasteiger partial charge is 0.357 e. The molecule has 0 atom stereocenters. The molecule has 0 radical (unpaired) electrons. The molecule has 1 N–H and O–H groups in total. The predicted octanol–water partition coefficient (Wildman–Crippen LogP) is 3.87. The Labute approximate surface area is 159 Å². The van der Waals surface area contributed by atoms with E-state index in [9.17, 15) is 13.2 Å². The molecule has 0 saturated heterocycles. The van der Waals surface area contributed by atoms with Gasteiger partial charge in [0.15, 0.2) is 5.11 Å². The second-order valence-electron chi connectivity index (χ2n) is 5.63. The Bertz CT molecular complexity index is 977. The number of nitrogens with zero attached hydrogens (tertiary/aromatic N) is 3. The molecular weight excluding hydrogens is 373 g/mol. The molecule has 0 amide bonds. The SMILES string of the molecule is FC(F)(F)c1cccc(CNC(=S)N=c2ccn(-c3ccccc3)nc2)c1. The van der Waals surface area contributed by atoms with E-state index in [0.717, 1.165) is 17.8 Å². The van der Waals surface area contributed by atoms with Gasteiger partial charge in [0.25, 0.3) is 0 Å². The molecule has 0 fully saturated rings. The van der Waals surface area contributed by atoms with E-state index in [-0.39, 0.29) is 11.7 Å². The van der Waals surface area contributed by atoms with Crippen molar-refractivity contribution in [1.29, 1.82) is 0 Å². The van der Waals surface area contributed by atoms with Gasteiger partial charge in [-0.15, -0.1) is 0 Å². The van der Waals surface area contributed by atoms with E-state index < -0.39 is 11.7 Å². The van der Waals surface area contributed by atoms with Gasteiger partial charge in [-0.2, -0.15) is 18.3 Å². The van der Waals surface area contributed by atoms with Crippen molar-refractivity contribution in [1.82, 2.24) is 15.1 Å². The Morgan fingerprint density at radius 2 is 1.85 bits per heavy atom. The standard InChI is InChI=1S/C19H15F3N4S/c20-19(21,22)15-6-4-5-14(11-15)12-23-18(27)25-16-9-10-26(24-13-16)17-7-2-1-3-8-17/h1-11,13H,12H2,(H,23,27). The van der Waals surface area contributed by atoms with Crippen molar-refractivity contribution in [2.45, 2.75) is 12.7 Å². The lowest BCUT2D eigenvalue weighted by atomic mass is 10.1. The number of halogens is 3. The zero-order valence-corrected chi connectivity index (χ0v) is 14.8. The van der Waals surface area contributed by atoms with Crippen molar-refractivity contribution in [2.75, 3.05) is 0 Å². The van der Waals surface area contributed by atoms with E-state index in [2.05, 4.69) is 15.4 Å². The van der Waals surface area contributed by atoms with Gasteiger partial charge in [0.1, 0.15) is 0 Å². The molecule has 27 heavy (non-hydrogen) atoms. The number of benzene rings is 2. The van der Waals surface area contributed by atoms with E-state index in [1.807, 2.05) is 30.3 Å². The van der Waals surface area contributed by atoms with Gasteiger partial charge in [0.2, 0.25) is 0 Å². The maximum Gasteiger partial charge on any atom is 0.416 e. The highest BCUT2D eigenvalue weighted by atomic mass is 32.1. The highest BCUT2D eigenvalue weighted by molar-refractivity contribution is 7.80. The van der Waals surface area contributed by atoms with E-state index in [4.69, 9.17) is 12.2 Å². The zero-order valence-electron chi connectivity index (χ0n) is 14.0. The van der Waals surface area contributed by atoms with Crippen LogP contribution in [0.5, 0.6) is 0 Å². The van der Waals surface area contributed by atoms with Crippen LogP contribution in [0.3, 0.4) is 0 Å². The second-order valence-corrected chi connectivity index (χ2v) is 6.02. The molecule has 8 heteroatoms. The van der Waals surface area contributed by atoms with Gasteiger partial charge in [-0.05, 0) is 48.1 Å². The highest BCUT2D eigenvalue weighted by Gasteiger charge is 2.30. The van der Waals surface area contributed by atoms with Crippen LogP contribution in [0, 0.1) is 0 Å². The molecule has 2 aromatic carbocycles. The molecule has 1 aromatic heterocycles. The van der Waals surface area contributed by atoms with Gasteiger partial charge >= 0.3 is 6.18 Å². The summed E-state index contributed by atoms with van der Waals surface area (Å²) >= 11 is 5.13. The number of rotatable bonds is 3. The van der Waals surface area contributed by atoms with Gasteiger partial charge in [-0.25, -0.2) is 9.67 Å². The van der Waals surface area contributed by atoms with Crippen LogP contribution in [-0.2, 0) is 12.7 Å². The topological polar surface area (TPSA) is 42.2 Å². The van der Waals surface area contributed by atoms with Crippen LogP contribution >= 0.6 is 12.2 Å². The minimum atomic E-state index is -4.37. The molecule has 3 rings (SSSR count). The molecule has 0 unspecified atom stereocenters. The summed E-state index contributed by atoms with van der Waals surface area (Å²) < 4.78 is 39.9. The summed E-state index contributed by atoms with van der Waals surface area (Å²) in [5.41, 5.74) is 0.687. The Hall–Kier alpha value is -3.00. The van der Waals surface area contributed by atoms with Crippen LogP contribution in [0.15, 0.2) is 78.0 Å². The van der Waals surface area contributed by atoms with Crippen molar-refractivity contribution in [3.05, 3.63) is 89.5 Å². The second kappa shape index (κ2) is 8.13. The fraction of sp³-hybridized carbons (Fsp3) is 0.105. The Balaban J connectivity index is 1.65. The summed E-state index contributed by atoms with van der Waals surface area (Å²) in [6.45, 7) is 0.149. The molecule has 4 nitrogen and oxygen atoms in total. The fourth-order valence-corrected chi connectivity index (χ4v) is 2.52. The van der Waals surface area contributed by atoms with Gasteiger partial charge in [0, 0.05) is 12.7 Å². The maximum absolute atomic E-state index is 12.7. The highest BCUT2D eigenvalue weighted by Crippen LogP contribution is 2.29. The van der Waals surface area contributed by atoms with E-state index in [1.54, 1.807) is 29.2 Å². The van der Waals surface area contributed by atoms with Crippen molar-refractivity contribution in [2.24, 2.45) is 4.99 Å². The van der Waals surface area contributed by atoms with Crippen LogP contribution in [0.1, 0.15) is 11.1 Å². The van der Waals surface area contributed by atoms with Crippen molar-refractivity contribution >= 4 is 17.3 Å². The molecule has 3 aromatic rings. The first kappa shape index (κ1) is 18.8. The van der Waals surface area contributed by atoms with Gasteiger partial charge in [-0.3, -0.25) is 0 Å². The first-order valence-corrected chi connectivity index (χ1v) is 8.42. The number of nitrogens with one attached hydrogen (secondary N) is 1. The average molecular weight is 388 g/mol. The van der Waals surface area contributed by atoms with Gasteiger partial charge in [-0.1, -0.05) is 30.3 Å². The number of thiocarbonyl (C=S) groups is 1. The molecule has 1 heterocycles. The number of hydrogen-bond acceptors (Lipinski definition) is 2. The van der Waals surface area contributed by atoms with Crippen LogP contribution in [0.25, 0.3) is 5.69 Å². The van der Waals surface area contributed by atoms with Gasteiger partial charge in [0.05, 0.1) is 22.8 Å². The lowest BCUT2D eigenvalue weighted by molar-refractivity contribution is -0.137. The molecule has 0 spiro atoms. The molecule has 0 aliphatic carbocycles. The van der Waals surface area contributed by atoms with E-state index in [0.29, 0.717) is 10.9 Å². The van der Waals surface area contributed by atoms with Crippen LogP contribution in [0.2, 0.25) is 0 Å². The third-order valence-corrected chi connectivity index (χ3v) is 3.89. The third kappa shape index (κ3) is 5.24. The number of para-hydroxylation sites is 1. The van der Waals surface area contributed by atoms with Gasteiger partial charge < -0.3 is 5.32 Å². The molecule has 0 saturated carbocycles. The number of aromatic nitrogens is 2. The third-order valence-electron chi connectivity index (χ3n) is 3.65. The molecule has 138 valence electrons. The minimum Gasteiger partial charge on any atom is -0.357 e. The molecule has 0 bridgehead atoms. The van der Waals surface area contributed by atoms with Crippen LogP contribution in [0.4, 0.5) is 13.2 Å². The number of hydrogen-bond donors (Lipinski definition) is 1. The zero-order chi connectivity index (χ0) is 19.3. The summed E-state index contributed by atoms with van der Waals surface area (Å²) in [5.74, 6) is 0. The summed E-state index contributed by atoms with van der Waals surface area (Å²) in [5, 5.41) is 7.82. The Morgan fingerprint density at radius 3 is 2.52 bits per heavy atom. The normalized spacial score (nSPS) is 12.0. The monoisotopic (exact) mass is 388 g/mol. The molecule has 0 aliphatic rings. The minimum absolute atomic E-state index is 0.149. The van der Waals surface area contributed by atoms with E-state index >= 15 is 0 Å². The number of alkyl halides is 3. The lowest BCUT2D eigenvalue weighted by Crippen LogP contribution is -2.22. The maximum atomic E-state index is 12.7. The summed E-state index contributed by atoms with van der Waals surface area (Å²) in [6, 6.07) is 16.4. The fourth-order valence-electron chi connectivity index (χ4n) is 2.34. The van der Waals surface area contributed by atoms with Crippen molar-refractivity contribution in [3.8, 4) is 5.69 Å². The van der Waals surface area contributed by atoms with Crippen LogP contribution in [-0.4, -0.2) is 14.9 Å². The predicted molar refractivity (Wildman–Crippen MR) is 100 cm³/mol. The first-order valence-electron chi connectivity index (χ1n) is 8.01. The summed E-state index contributed by atoms with van der Waals surface area (Å²) in [7, 11) is 0. The Kier molecular flexibility index (Phi) is 5.66. The molecular formula is C19H15F3N4S. The largest absolute Gasteiger partial charge is 0.416 e. The lowest BCUT2D eigenvalue weighted by Gasteiger charge is -2.09. The summed E-state index contributed by atoms with van der Waals surface area (Å²) in [4.78, 5) is 4.20. The van der Waals surface area contributed by atoms with Crippen molar-refractivity contribution < 1.29 is 13.2 Å². The van der Waals surface area contributed by atoms with Crippen LogP contribution < -0.4 is 10.7 Å². The average Bonchev–Trinajstić information content (AvgIpc) is 2.67. The quantitative estimate of drug-likeness (QED) is 0.693. The first-order chi connectivity index (χ1) is 12.9. The molecule has 0 aliphatic heterocycles. The van der Waals surface area contributed by atoms with Crippen molar-refractivity contribution in [3.63, 3.8) is 0 Å².